The van der Waals surface area contributed by atoms with Crippen molar-refractivity contribution in [2.45, 2.75) is 0 Å². The van der Waals surface area contributed by atoms with Crippen molar-refractivity contribution < 1.29 is 27.5 Å². The number of carboxylic acid groups (broad SMARTS) is 1. The predicted molar refractivity (Wildman–Crippen MR) is 47.5 cm³/mol. The van der Waals surface area contributed by atoms with E-state index >= 15 is 0 Å². The molecule has 17 heavy (non-hydrogen) atoms. The molecule has 1 aromatic rings. The van der Waals surface area contributed by atoms with Gasteiger partial charge in [0.2, 0.25) is 0 Å². The Morgan fingerprint density at radius 2 is 1.82 bits per heavy atom. The van der Waals surface area contributed by atoms with Crippen molar-refractivity contribution in [3.05, 3.63) is 40.5 Å². The van der Waals surface area contributed by atoms with Gasteiger partial charge in [-0.15, -0.1) is 0 Å². The minimum absolute atomic E-state index is 0.0566. The Bertz CT molecular complexity index is 560. The molecule has 0 aliphatic heterocycles. The van der Waals surface area contributed by atoms with Gasteiger partial charge in [-0.25, -0.2) is 22.4 Å². The number of hydrogen-bond donors (Lipinski definition) is 1. The lowest BCUT2D eigenvalue weighted by Gasteiger charge is -2.02. The Morgan fingerprint density at radius 1 is 1.24 bits per heavy atom. The molecule has 0 bridgehead atoms. The van der Waals surface area contributed by atoms with Crippen molar-refractivity contribution in [3.8, 4) is 6.07 Å². The summed E-state index contributed by atoms with van der Waals surface area (Å²) in [7, 11) is 0. The molecule has 88 valence electrons. The van der Waals surface area contributed by atoms with Crippen LogP contribution < -0.4 is 0 Å². The van der Waals surface area contributed by atoms with Crippen molar-refractivity contribution in [1.82, 2.24) is 0 Å². The number of carboxylic acids is 1. The van der Waals surface area contributed by atoms with E-state index in [9.17, 15) is 22.4 Å². The maximum atomic E-state index is 13.1. The summed E-state index contributed by atoms with van der Waals surface area (Å²) < 4.78 is 51.4. The third-order valence-corrected chi connectivity index (χ3v) is 1.79. The lowest BCUT2D eigenvalue weighted by Crippen LogP contribution is -2.02. The number of hydrogen-bond acceptors (Lipinski definition) is 2. The summed E-state index contributed by atoms with van der Waals surface area (Å²) in [5.74, 6) is -8.82. The fourth-order valence-corrected chi connectivity index (χ4v) is 0.999. The zero-order valence-electron chi connectivity index (χ0n) is 7.97. The van der Waals surface area contributed by atoms with E-state index in [1.165, 1.54) is 0 Å². The van der Waals surface area contributed by atoms with E-state index in [2.05, 4.69) is 0 Å². The van der Waals surface area contributed by atoms with E-state index in [-0.39, 0.29) is 12.1 Å². The monoisotopic (exact) mass is 245 g/mol. The highest BCUT2D eigenvalue weighted by atomic mass is 19.2. The van der Waals surface area contributed by atoms with Crippen LogP contribution >= 0.6 is 0 Å². The van der Waals surface area contributed by atoms with Crippen LogP contribution in [0.1, 0.15) is 5.56 Å². The maximum Gasteiger partial charge on any atom is 0.346 e. The second-order valence-corrected chi connectivity index (χ2v) is 2.86. The molecule has 0 aliphatic rings. The molecule has 0 unspecified atom stereocenters. The molecule has 0 amide bonds. The summed E-state index contributed by atoms with van der Waals surface area (Å²) >= 11 is 0. The minimum atomic E-state index is -1.94. The molecule has 1 aromatic carbocycles. The molecule has 0 aromatic heterocycles. The van der Waals surface area contributed by atoms with E-state index in [1.807, 2.05) is 0 Å². The molecule has 0 fully saturated rings. The summed E-state index contributed by atoms with van der Waals surface area (Å²) in [6, 6.07) is 1.21. The van der Waals surface area contributed by atoms with Gasteiger partial charge in [-0.3, -0.25) is 0 Å². The normalized spacial score (nSPS) is 11.1. The number of benzene rings is 1. The predicted octanol–water partition coefficient (Wildman–Crippen LogP) is 2.23. The highest BCUT2D eigenvalue weighted by molar-refractivity contribution is 5.96. The molecule has 0 radical (unpaired) electrons. The van der Waals surface area contributed by atoms with Crippen LogP contribution in [0, 0.1) is 34.6 Å². The van der Waals surface area contributed by atoms with Gasteiger partial charge in [-0.1, -0.05) is 0 Å². The average Bonchev–Trinajstić information content (AvgIpc) is 2.26. The fraction of sp³-hybridized carbons (Fsp3) is 0. The zero-order chi connectivity index (χ0) is 13.2. The quantitative estimate of drug-likeness (QED) is 0.286. The number of nitrogens with zero attached hydrogens (tertiary/aromatic N) is 1. The Balaban J connectivity index is 3.49. The average molecular weight is 245 g/mol. The lowest BCUT2D eigenvalue weighted by atomic mass is 10.1. The first-order chi connectivity index (χ1) is 7.88. The van der Waals surface area contributed by atoms with Gasteiger partial charge in [-0.05, 0) is 6.08 Å². The number of halogens is 4. The van der Waals surface area contributed by atoms with Gasteiger partial charge < -0.3 is 5.11 Å². The Morgan fingerprint density at radius 3 is 2.29 bits per heavy atom. The molecule has 0 saturated heterocycles. The Kier molecular flexibility index (Phi) is 3.48. The van der Waals surface area contributed by atoms with Crippen molar-refractivity contribution in [2.75, 3.05) is 0 Å². The summed E-state index contributed by atoms with van der Waals surface area (Å²) in [5.41, 5.74) is -2.13. The molecule has 3 nitrogen and oxygen atoms in total. The molecule has 7 heteroatoms. The summed E-state index contributed by atoms with van der Waals surface area (Å²) in [6.07, 6.45) is 0.287. The van der Waals surface area contributed by atoms with E-state index in [4.69, 9.17) is 10.4 Å². The van der Waals surface area contributed by atoms with Crippen molar-refractivity contribution in [3.63, 3.8) is 0 Å². The first-order valence-corrected chi connectivity index (χ1v) is 4.06. The first-order valence-electron chi connectivity index (χ1n) is 4.06. The van der Waals surface area contributed by atoms with Crippen LogP contribution in [0.4, 0.5) is 17.6 Å². The highest BCUT2D eigenvalue weighted by Crippen LogP contribution is 2.21. The smallest absolute Gasteiger partial charge is 0.346 e. The van der Waals surface area contributed by atoms with Gasteiger partial charge >= 0.3 is 5.97 Å². The zero-order valence-corrected chi connectivity index (χ0v) is 7.97. The van der Waals surface area contributed by atoms with Crippen LogP contribution in [0.5, 0.6) is 0 Å². The van der Waals surface area contributed by atoms with E-state index in [0.717, 1.165) is 6.07 Å². The van der Waals surface area contributed by atoms with Crippen molar-refractivity contribution in [2.24, 2.45) is 0 Å². The van der Waals surface area contributed by atoms with Gasteiger partial charge in [0.05, 0.1) is 5.56 Å². The first kappa shape index (κ1) is 12.7. The SMILES string of the molecule is N#CC(=Cc1c(F)cc(F)c(F)c1F)C(=O)O. The molecular formula is C10H3F4NO2. The summed E-state index contributed by atoms with van der Waals surface area (Å²) in [5, 5.41) is 16.8. The maximum absolute atomic E-state index is 13.1. The van der Waals surface area contributed by atoms with E-state index < -0.39 is 40.4 Å². The molecule has 0 spiro atoms. The second kappa shape index (κ2) is 4.65. The molecule has 1 rings (SSSR count). The number of carbonyl (C=O) groups is 1. The molecule has 0 aliphatic carbocycles. The highest BCUT2D eigenvalue weighted by Gasteiger charge is 2.19. The molecule has 0 saturated carbocycles. The Labute approximate surface area is 92.2 Å². The summed E-state index contributed by atoms with van der Waals surface area (Å²) in [6.45, 7) is 0. The van der Waals surface area contributed by atoms with Crippen molar-refractivity contribution >= 4 is 12.0 Å². The number of nitriles is 1. The topological polar surface area (TPSA) is 61.1 Å². The van der Waals surface area contributed by atoms with Gasteiger partial charge in [0, 0.05) is 6.07 Å². The third-order valence-electron chi connectivity index (χ3n) is 1.79. The van der Waals surface area contributed by atoms with Gasteiger partial charge in [0.25, 0.3) is 0 Å². The molecule has 1 N–H and O–H groups in total. The van der Waals surface area contributed by atoms with Crippen LogP contribution in [-0.2, 0) is 4.79 Å². The van der Waals surface area contributed by atoms with Crippen LogP contribution in [0.25, 0.3) is 6.08 Å². The largest absolute Gasteiger partial charge is 0.477 e. The standard InChI is InChI=1S/C10H3F4NO2/c11-6-2-7(12)9(14)8(13)5(6)1-4(3-15)10(16)17/h1-2H,(H,16,17). The molecular weight excluding hydrogens is 242 g/mol. The van der Waals surface area contributed by atoms with Crippen LogP contribution in [0.3, 0.4) is 0 Å². The van der Waals surface area contributed by atoms with Crippen molar-refractivity contribution in [1.29, 1.82) is 5.26 Å². The van der Waals surface area contributed by atoms with E-state index in [1.54, 1.807) is 0 Å². The Hall–Kier alpha value is -2.36. The summed E-state index contributed by atoms with van der Waals surface area (Å²) in [4.78, 5) is 10.4. The molecule has 0 heterocycles. The van der Waals surface area contributed by atoms with E-state index in [0.29, 0.717) is 0 Å². The van der Waals surface area contributed by atoms with Gasteiger partial charge in [0.15, 0.2) is 17.5 Å². The number of rotatable bonds is 2. The lowest BCUT2D eigenvalue weighted by molar-refractivity contribution is -0.132. The molecule has 0 atom stereocenters. The minimum Gasteiger partial charge on any atom is -0.477 e. The van der Waals surface area contributed by atoms with Crippen LogP contribution in [0.2, 0.25) is 0 Å². The third kappa shape index (κ3) is 2.42. The fourth-order valence-electron chi connectivity index (χ4n) is 0.999. The van der Waals surface area contributed by atoms with Crippen LogP contribution in [0.15, 0.2) is 11.6 Å². The number of aliphatic carboxylic acids is 1. The van der Waals surface area contributed by atoms with Crippen LogP contribution in [-0.4, -0.2) is 11.1 Å². The second-order valence-electron chi connectivity index (χ2n) is 2.86. The van der Waals surface area contributed by atoms with Gasteiger partial charge in [0.1, 0.15) is 17.5 Å². The van der Waals surface area contributed by atoms with Gasteiger partial charge in [-0.2, -0.15) is 5.26 Å².